The minimum Gasteiger partial charge on any atom is -0.444 e. The average Bonchev–Trinajstić information content (AvgIpc) is 2.92. The molecule has 3 amide bonds. The summed E-state index contributed by atoms with van der Waals surface area (Å²) >= 11 is 1.60. The number of hydrogen-bond acceptors (Lipinski definition) is 5. The van der Waals surface area contributed by atoms with Gasteiger partial charge in [0.05, 0.1) is 0 Å². The lowest BCUT2D eigenvalue weighted by Crippen LogP contribution is -2.55. The average molecular weight is 598 g/mol. The molecule has 0 aliphatic carbocycles. The number of ether oxygens (including phenoxy) is 1. The third kappa shape index (κ3) is 11.3. The van der Waals surface area contributed by atoms with Crippen LogP contribution in [0.2, 0.25) is 0 Å². The van der Waals surface area contributed by atoms with Crippen LogP contribution in [-0.4, -0.2) is 52.5 Å². The Hall–Kier alpha value is -3.00. The van der Waals surface area contributed by atoms with Gasteiger partial charge < -0.3 is 20.3 Å². The SMILES string of the molecule is CSCCC(NC(=O)OC(C)(C)C)C(=O)N(C(C)CCC(C)C)C(C(=O)NCc1ccccc1)c1ccc(C)c(C)c1. The van der Waals surface area contributed by atoms with E-state index >= 15 is 0 Å². The monoisotopic (exact) mass is 597 g/mol. The summed E-state index contributed by atoms with van der Waals surface area (Å²) in [4.78, 5) is 43.2. The van der Waals surface area contributed by atoms with E-state index in [0.29, 0.717) is 24.6 Å². The Balaban J connectivity index is 2.58. The van der Waals surface area contributed by atoms with Gasteiger partial charge in [-0.05, 0) is 101 Å². The molecule has 7 nitrogen and oxygen atoms in total. The zero-order valence-corrected chi connectivity index (χ0v) is 27.8. The smallest absolute Gasteiger partial charge is 0.408 e. The summed E-state index contributed by atoms with van der Waals surface area (Å²) in [5.41, 5.74) is 3.16. The van der Waals surface area contributed by atoms with Crippen LogP contribution in [0.15, 0.2) is 48.5 Å². The van der Waals surface area contributed by atoms with E-state index in [2.05, 4.69) is 24.5 Å². The molecule has 0 saturated heterocycles. The fourth-order valence-corrected chi connectivity index (χ4v) is 5.16. The Kier molecular flexibility index (Phi) is 13.9. The predicted octanol–water partition coefficient (Wildman–Crippen LogP) is 6.96. The lowest BCUT2D eigenvalue weighted by molar-refractivity contribution is -0.145. The van der Waals surface area contributed by atoms with E-state index in [-0.39, 0.29) is 17.9 Å². The molecular formula is C34H51N3O4S. The number of carbonyl (C=O) groups excluding carboxylic acids is 3. The summed E-state index contributed by atoms with van der Waals surface area (Å²) in [6.45, 7) is 16.1. The first-order valence-corrected chi connectivity index (χ1v) is 16.3. The number of aryl methyl sites for hydroxylation is 2. The molecule has 3 atom stereocenters. The molecule has 2 rings (SSSR count). The molecule has 232 valence electrons. The van der Waals surface area contributed by atoms with Crippen molar-refractivity contribution in [3.05, 3.63) is 70.8 Å². The zero-order valence-electron chi connectivity index (χ0n) is 27.0. The molecule has 8 heteroatoms. The standard InChI is InChI=1S/C34H51N3O4S/c1-23(2)15-17-26(5)37(32(39)29(19-20-42-9)36-33(40)41-34(6,7)8)30(28-18-16-24(3)25(4)21-28)31(38)35-22-27-13-11-10-12-14-27/h10-14,16,18,21,23,26,29-30H,15,17,19-20,22H2,1-9H3,(H,35,38)(H,36,40). The van der Waals surface area contributed by atoms with Crippen LogP contribution in [0.3, 0.4) is 0 Å². The van der Waals surface area contributed by atoms with Crippen LogP contribution in [0.25, 0.3) is 0 Å². The van der Waals surface area contributed by atoms with Crippen molar-refractivity contribution < 1.29 is 19.1 Å². The van der Waals surface area contributed by atoms with Crippen LogP contribution < -0.4 is 10.6 Å². The molecule has 0 bridgehead atoms. The van der Waals surface area contributed by atoms with E-state index in [0.717, 1.165) is 35.1 Å². The van der Waals surface area contributed by atoms with Gasteiger partial charge >= 0.3 is 6.09 Å². The van der Waals surface area contributed by atoms with Crippen LogP contribution >= 0.6 is 11.8 Å². The van der Waals surface area contributed by atoms with Gasteiger partial charge in [0, 0.05) is 12.6 Å². The molecule has 0 saturated carbocycles. The Morgan fingerprint density at radius 1 is 0.929 bits per heavy atom. The van der Waals surface area contributed by atoms with Gasteiger partial charge in [0.2, 0.25) is 11.8 Å². The molecule has 0 spiro atoms. The van der Waals surface area contributed by atoms with Gasteiger partial charge in [-0.3, -0.25) is 9.59 Å². The number of carbonyl (C=O) groups is 3. The lowest BCUT2D eigenvalue weighted by atomic mass is 9.95. The first-order valence-electron chi connectivity index (χ1n) is 14.9. The number of nitrogens with one attached hydrogen (secondary N) is 2. The summed E-state index contributed by atoms with van der Waals surface area (Å²) < 4.78 is 5.52. The maximum atomic E-state index is 14.5. The fourth-order valence-electron chi connectivity index (χ4n) is 4.69. The molecule has 42 heavy (non-hydrogen) atoms. The first-order chi connectivity index (χ1) is 19.7. The summed E-state index contributed by atoms with van der Waals surface area (Å²) in [6, 6.07) is 13.7. The third-order valence-electron chi connectivity index (χ3n) is 7.17. The molecule has 0 fully saturated rings. The van der Waals surface area contributed by atoms with Crippen LogP contribution in [0.4, 0.5) is 4.79 Å². The maximum Gasteiger partial charge on any atom is 0.408 e. The van der Waals surface area contributed by atoms with Gasteiger partial charge in [0.25, 0.3) is 0 Å². The fraction of sp³-hybridized carbons (Fsp3) is 0.559. The molecule has 2 aromatic carbocycles. The molecule has 0 heterocycles. The van der Waals surface area contributed by atoms with Gasteiger partial charge in [0.15, 0.2) is 0 Å². The molecule has 0 aliphatic rings. The van der Waals surface area contributed by atoms with Gasteiger partial charge in [-0.1, -0.05) is 62.4 Å². The van der Waals surface area contributed by atoms with E-state index in [1.165, 1.54) is 0 Å². The second-order valence-electron chi connectivity index (χ2n) is 12.5. The van der Waals surface area contributed by atoms with Crippen molar-refractivity contribution >= 4 is 29.7 Å². The minimum atomic E-state index is -0.875. The molecule has 0 radical (unpaired) electrons. The molecule has 3 unspecified atom stereocenters. The highest BCUT2D eigenvalue weighted by Gasteiger charge is 2.38. The number of alkyl carbamates (subject to hydrolysis) is 1. The first kappa shape index (κ1) is 35.2. The van der Waals surface area contributed by atoms with Crippen molar-refractivity contribution in [3.8, 4) is 0 Å². The van der Waals surface area contributed by atoms with E-state index < -0.39 is 23.8 Å². The van der Waals surface area contributed by atoms with E-state index in [4.69, 9.17) is 4.74 Å². The zero-order chi connectivity index (χ0) is 31.4. The normalized spacial score (nSPS) is 13.7. The summed E-state index contributed by atoms with van der Waals surface area (Å²) in [7, 11) is 0. The third-order valence-corrected chi connectivity index (χ3v) is 7.82. The maximum absolute atomic E-state index is 14.5. The topological polar surface area (TPSA) is 87.7 Å². The van der Waals surface area contributed by atoms with Crippen molar-refractivity contribution in [1.29, 1.82) is 0 Å². The number of nitrogens with zero attached hydrogens (tertiary/aromatic N) is 1. The van der Waals surface area contributed by atoms with Gasteiger partial charge in [-0.2, -0.15) is 11.8 Å². The largest absolute Gasteiger partial charge is 0.444 e. The van der Waals surface area contributed by atoms with Crippen molar-refractivity contribution in [3.63, 3.8) is 0 Å². The molecule has 2 aromatic rings. The highest BCUT2D eigenvalue weighted by Crippen LogP contribution is 2.29. The predicted molar refractivity (Wildman–Crippen MR) is 173 cm³/mol. The highest BCUT2D eigenvalue weighted by atomic mass is 32.2. The van der Waals surface area contributed by atoms with Crippen LogP contribution in [-0.2, 0) is 20.9 Å². The van der Waals surface area contributed by atoms with Crippen molar-refractivity contribution in [2.45, 2.75) is 105 Å². The quantitative estimate of drug-likeness (QED) is 0.246. The van der Waals surface area contributed by atoms with E-state index in [1.54, 1.807) is 37.4 Å². The van der Waals surface area contributed by atoms with Crippen molar-refractivity contribution in [2.75, 3.05) is 12.0 Å². The Morgan fingerprint density at radius 2 is 1.60 bits per heavy atom. The molecular weight excluding hydrogens is 546 g/mol. The Bertz CT molecular complexity index is 1160. The number of benzene rings is 2. The Labute approximate surface area is 257 Å². The number of thioether (sulfide) groups is 1. The number of amides is 3. The number of hydrogen-bond donors (Lipinski definition) is 2. The van der Waals surface area contributed by atoms with Crippen molar-refractivity contribution in [2.24, 2.45) is 5.92 Å². The second-order valence-corrected chi connectivity index (χ2v) is 13.5. The lowest BCUT2D eigenvalue weighted by Gasteiger charge is -2.39. The van der Waals surface area contributed by atoms with Crippen LogP contribution in [0.1, 0.15) is 89.1 Å². The Morgan fingerprint density at radius 3 is 2.17 bits per heavy atom. The summed E-state index contributed by atoms with van der Waals surface area (Å²) in [5, 5.41) is 5.93. The highest BCUT2D eigenvalue weighted by molar-refractivity contribution is 7.98. The van der Waals surface area contributed by atoms with E-state index in [1.807, 2.05) is 75.6 Å². The van der Waals surface area contributed by atoms with Gasteiger partial charge in [-0.15, -0.1) is 0 Å². The van der Waals surface area contributed by atoms with E-state index in [9.17, 15) is 14.4 Å². The molecule has 0 aromatic heterocycles. The summed E-state index contributed by atoms with van der Waals surface area (Å²) in [6.07, 6.45) is 3.35. The molecule has 0 aliphatic heterocycles. The van der Waals surface area contributed by atoms with Crippen LogP contribution in [0, 0.1) is 19.8 Å². The molecule has 2 N–H and O–H groups in total. The summed E-state index contributed by atoms with van der Waals surface area (Å²) in [5.74, 6) is 0.551. The van der Waals surface area contributed by atoms with Gasteiger partial charge in [-0.25, -0.2) is 4.79 Å². The van der Waals surface area contributed by atoms with Crippen molar-refractivity contribution in [1.82, 2.24) is 15.5 Å². The van der Waals surface area contributed by atoms with Crippen LogP contribution in [0.5, 0.6) is 0 Å². The second kappa shape index (κ2) is 16.6. The number of rotatable bonds is 14. The van der Waals surface area contributed by atoms with Gasteiger partial charge in [0.1, 0.15) is 17.7 Å². The minimum absolute atomic E-state index is 0.257.